The van der Waals surface area contributed by atoms with Gasteiger partial charge in [0.1, 0.15) is 11.5 Å². The first-order chi connectivity index (χ1) is 26.3. The average Bonchev–Trinajstić information content (AvgIpc) is 3.26. The number of alkyl halides is 3. The topological polar surface area (TPSA) is 81.7 Å². The second kappa shape index (κ2) is 14.4. The van der Waals surface area contributed by atoms with Crippen molar-refractivity contribution in [1.82, 2.24) is 4.49 Å². The van der Waals surface area contributed by atoms with Crippen LogP contribution in [0, 0.1) is 0 Å². The second-order valence-electron chi connectivity index (χ2n) is 15.7. The predicted octanol–water partition coefficient (Wildman–Crippen LogP) is 13.8. The van der Waals surface area contributed by atoms with Crippen molar-refractivity contribution >= 4 is 39.3 Å². The minimum Gasteiger partial charge on any atom is -0.403 e. The molecule has 1 aliphatic rings. The highest BCUT2D eigenvalue weighted by atomic mass is 32.2. The molecule has 0 fully saturated rings. The van der Waals surface area contributed by atoms with Crippen molar-refractivity contribution in [2.75, 3.05) is 0 Å². The molecule has 0 atom stereocenters. The van der Waals surface area contributed by atoms with E-state index in [-0.39, 0.29) is 35.2 Å². The van der Waals surface area contributed by atoms with Gasteiger partial charge in [-0.15, -0.1) is 0 Å². The number of hydrogen-bond acceptors (Lipinski definition) is 5. The van der Waals surface area contributed by atoms with E-state index in [4.69, 9.17) is 9.05 Å². The van der Waals surface area contributed by atoms with Crippen LogP contribution in [-0.4, -0.2) is 13.9 Å². The summed E-state index contributed by atoms with van der Waals surface area (Å²) in [5, 5.41) is 2.88. The zero-order valence-corrected chi connectivity index (χ0v) is 34.3. The SMILES string of the molecule is CC(C)c1cccc(C(C)C)c1-c1cc2ccccc2c2c1OP(=O)(NS(=O)(=O)C(F)(F)F)Oc1c(-c3c(C(C)C)cccc3C(C)C)cc3ccccc3c1-2. The predicted molar refractivity (Wildman–Crippen MR) is 221 cm³/mol. The van der Waals surface area contributed by atoms with E-state index in [0.717, 1.165) is 44.2 Å². The molecular formula is C45H45F3NO5PS. The van der Waals surface area contributed by atoms with Crippen LogP contribution in [-0.2, 0) is 14.6 Å². The molecule has 7 rings (SSSR count). The van der Waals surface area contributed by atoms with Crippen LogP contribution in [0.4, 0.5) is 13.2 Å². The van der Waals surface area contributed by atoms with Crippen molar-refractivity contribution < 1.29 is 35.2 Å². The van der Waals surface area contributed by atoms with Gasteiger partial charge in [0.15, 0.2) is 0 Å². The first-order valence-corrected chi connectivity index (χ1v) is 21.8. The Morgan fingerprint density at radius 2 is 0.875 bits per heavy atom. The number of sulfonamides is 1. The smallest absolute Gasteiger partial charge is 0.403 e. The lowest BCUT2D eigenvalue weighted by Crippen LogP contribution is -2.36. The normalized spacial score (nSPS) is 14.3. The first-order valence-electron chi connectivity index (χ1n) is 18.8. The van der Waals surface area contributed by atoms with Crippen LogP contribution in [0.3, 0.4) is 0 Å². The van der Waals surface area contributed by atoms with E-state index in [9.17, 15) is 21.6 Å². The van der Waals surface area contributed by atoms with Crippen LogP contribution < -0.4 is 13.5 Å². The van der Waals surface area contributed by atoms with Crippen LogP contribution in [0.25, 0.3) is 54.9 Å². The number of halogens is 3. The number of nitrogens with one attached hydrogen (secondary N) is 1. The van der Waals surface area contributed by atoms with Gasteiger partial charge in [0, 0.05) is 22.3 Å². The maximum absolute atomic E-state index is 15.3. The number of hydrogen-bond donors (Lipinski definition) is 1. The van der Waals surface area contributed by atoms with Gasteiger partial charge in [0.2, 0.25) is 0 Å². The number of benzene rings is 6. The van der Waals surface area contributed by atoms with Gasteiger partial charge < -0.3 is 9.05 Å². The monoisotopic (exact) mass is 799 g/mol. The van der Waals surface area contributed by atoms with Crippen LogP contribution in [0.5, 0.6) is 11.5 Å². The van der Waals surface area contributed by atoms with Crippen molar-refractivity contribution in [2.24, 2.45) is 0 Å². The van der Waals surface area contributed by atoms with Gasteiger partial charge in [0.05, 0.1) is 0 Å². The van der Waals surface area contributed by atoms with Crippen molar-refractivity contribution in [2.45, 2.75) is 84.6 Å². The Balaban J connectivity index is 1.76. The van der Waals surface area contributed by atoms with Crippen LogP contribution in [0.15, 0.2) is 97.1 Å². The lowest BCUT2D eigenvalue weighted by Gasteiger charge is -2.25. The Morgan fingerprint density at radius 1 is 0.536 bits per heavy atom. The number of fused-ring (bicyclic) bond motifs is 7. The van der Waals surface area contributed by atoms with Gasteiger partial charge in [-0.25, -0.2) is 13.0 Å². The highest BCUT2D eigenvalue weighted by Gasteiger charge is 2.53. The van der Waals surface area contributed by atoms with Crippen LogP contribution in [0.2, 0.25) is 0 Å². The third kappa shape index (κ3) is 6.80. The molecule has 0 spiro atoms. The average molecular weight is 800 g/mol. The van der Waals surface area contributed by atoms with Crippen LogP contribution in [0.1, 0.15) is 101 Å². The summed E-state index contributed by atoms with van der Waals surface area (Å²) in [5.74, 6) is -0.131. The Kier molecular flexibility index (Phi) is 10.2. The highest BCUT2D eigenvalue weighted by molar-refractivity contribution is 7.95. The van der Waals surface area contributed by atoms with Gasteiger partial charge in [0.25, 0.3) is 0 Å². The van der Waals surface area contributed by atoms with Gasteiger partial charge in [-0.05, 0) is 90.7 Å². The fraction of sp³-hybridized carbons (Fsp3) is 0.289. The molecule has 0 saturated carbocycles. The minimum absolute atomic E-state index is 0.00917. The summed E-state index contributed by atoms with van der Waals surface area (Å²) in [4.78, 5) is 0. The summed E-state index contributed by atoms with van der Waals surface area (Å²) in [6, 6.07) is 30.8. The molecule has 0 aliphatic carbocycles. The maximum Gasteiger partial charge on any atom is 0.526 e. The maximum atomic E-state index is 15.3. The van der Waals surface area contributed by atoms with Gasteiger partial charge >= 0.3 is 23.3 Å². The summed E-state index contributed by atoms with van der Waals surface area (Å²) in [5.41, 5.74) is 1.19. The summed E-state index contributed by atoms with van der Waals surface area (Å²) in [7, 11) is -11.8. The third-order valence-corrected chi connectivity index (χ3v) is 13.8. The van der Waals surface area contributed by atoms with Gasteiger partial charge in [-0.1, -0.05) is 145 Å². The summed E-state index contributed by atoms with van der Waals surface area (Å²) < 4.78 is 98.2. The molecule has 0 unspecified atom stereocenters. The fourth-order valence-corrected chi connectivity index (χ4v) is 10.7. The van der Waals surface area contributed by atoms with E-state index >= 15 is 4.57 Å². The quantitative estimate of drug-likeness (QED) is 0.155. The lowest BCUT2D eigenvalue weighted by molar-refractivity contribution is -0.0443. The van der Waals surface area contributed by atoms with E-state index in [1.165, 1.54) is 4.49 Å². The Bertz CT molecular complexity index is 2470. The molecule has 6 aromatic carbocycles. The van der Waals surface area contributed by atoms with E-state index in [1.807, 2.05) is 152 Å². The Morgan fingerprint density at radius 3 is 1.20 bits per heavy atom. The lowest BCUT2D eigenvalue weighted by atomic mass is 9.80. The minimum atomic E-state index is -6.27. The standard InChI is InChI=1S/C45H45F3NO5PS/c1-25(2)31-19-13-20-32(26(3)4)39(31)37-23-29-15-9-11-17-35(29)41-42-36-18-12-10-16-30(36)24-38(40-33(27(5)6)21-14-22-34(40)28(7)8)44(42)54-55(50,53-43(37)41)49-56(51,52)45(46,47)48/h9-28H,1-8H3,(H,49,50). The molecule has 1 heterocycles. The summed E-state index contributed by atoms with van der Waals surface area (Å²) >= 11 is 0. The van der Waals surface area contributed by atoms with E-state index in [2.05, 4.69) is 0 Å². The zero-order chi connectivity index (χ0) is 40.5. The summed E-state index contributed by atoms with van der Waals surface area (Å²) in [6.07, 6.45) is 0. The molecular weight excluding hydrogens is 755 g/mol. The first kappa shape index (κ1) is 39.6. The van der Waals surface area contributed by atoms with E-state index in [1.54, 1.807) is 0 Å². The molecule has 0 radical (unpaired) electrons. The van der Waals surface area contributed by atoms with E-state index < -0.39 is 23.3 Å². The molecule has 1 N–H and O–H groups in total. The summed E-state index contributed by atoms with van der Waals surface area (Å²) in [6.45, 7) is 16.4. The molecule has 0 aromatic heterocycles. The Hall–Kier alpha value is -4.63. The number of rotatable bonds is 8. The van der Waals surface area contributed by atoms with E-state index in [0.29, 0.717) is 33.0 Å². The molecule has 6 aromatic rings. The molecule has 292 valence electrons. The van der Waals surface area contributed by atoms with Gasteiger partial charge in [-0.3, -0.25) is 0 Å². The molecule has 6 nitrogen and oxygen atoms in total. The largest absolute Gasteiger partial charge is 0.526 e. The molecule has 56 heavy (non-hydrogen) atoms. The van der Waals surface area contributed by atoms with Crippen molar-refractivity contribution in [3.05, 3.63) is 119 Å². The van der Waals surface area contributed by atoms with Crippen molar-refractivity contribution in [3.63, 3.8) is 0 Å². The van der Waals surface area contributed by atoms with Crippen molar-refractivity contribution in [1.29, 1.82) is 0 Å². The highest BCUT2D eigenvalue weighted by Crippen LogP contribution is 2.63. The molecule has 0 saturated heterocycles. The molecule has 0 bridgehead atoms. The third-order valence-electron chi connectivity index (χ3n) is 10.5. The Labute approximate surface area is 326 Å². The second-order valence-corrected chi connectivity index (χ2v) is 19.2. The fourth-order valence-electron chi connectivity index (χ4n) is 7.93. The molecule has 1 aliphatic heterocycles. The van der Waals surface area contributed by atoms with Crippen LogP contribution >= 0.6 is 7.75 Å². The van der Waals surface area contributed by atoms with Gasteiger partial charge in [-0.2, -0.15) is 13.2 Å². The van der Waals surface area contributed by atoms with Crippen molar-refractivity contribution in [3.8, 4) is 44.9 Å². The molecule has 11 heteroatoms. The zero-order valence-electron chi connectivity index (χ0n) is 32.6. The molecule has 0 amide bonds.